The molecule has 0 aromatic carbocycles. The molecular formula is C15H22N2O. The molecule has 1 heterocycles. The van der Waals surface area contributed by atoms with Crippen molar-refractivity contribution in [2.45, 2.75) is 56.7 Å². The van der Waals surface area contributed by atoms with Crippen molar-refractivity contribution in [1.82, 2.24) is 10.6 Å². The monoisotopic (exact) mass is 246 g/mol. The fraction of sp³-hybridized carbons (Fsp3) is 0.800. The van der Waals surface area contributed by atoms with Crippen LogP contribution in [0.1, 0.15) is 44.9 Å². The molecule has 4 aliphatic rings. The lowest BCUT2D eigenvalue weighted by atomic mass is 9.82. The van der Waals surface area contributed by atoms with E-state index in [-0.39, 0.29) is 11.6 Å². The van der Waals surface area contributed by atoms with Crippen LogP contribution in [0.2, 0.25) is 0 Å². The van der Waals surface area contributed by atoms with Gasteiger partial charge in [0.15, 0.2) is 0 Å². The molecule has 2 bridgehead atoms. The van der Waals surface area contributed by atoms with Crippen LogP contribution in [-0.4, -0.2) is 17.6 Å². The fourth-order valence-electron chi connectivity index (χ4n) is 4.65. The van der Waals surface area contributed by atoms with E-state index in [0.717, 1.165) is 12.8 Å². The summed E-state index contributed by atoms with van der Waals surface area (Å²) in [5, 5.41) is 7.19. The number of carbonyl (C=O) groups excluding carboxylic acids is 1. The lowest BCUT2D eigenvalue weighted by Crippen LogP contribution is -2.70. The number of nitrogens with one attached hydrogen (secondary N) is 2. The van der Waals surface area contributed by atoms with Crippen molar-refractivity contribution in [2.75, 3.05) is 0 Å². The molecule has 3 fully saturated rings. The van der Waals surface area contributed by atoms with Gasteiger partial charge < -0.3 is 5.32 Å². The first-order valence-electron chi connectivity index (χ1n) is 7.56. The molecule has 0 aromatic rings. The van der Waals surface area contributed by atoms with Crippen molar-refractivity contribution in [1.29, 1.82) is 0 Å². The van der Waals surface area contributed by atoms with Crippen LogP contribution >= 0.6 is 0 Å². The molecular weight excluding hydrogens is 224 g/mol. The molecule has 1 aliphatic heterocycles. The van der Waals surface area contributed by atoms with E-state index in [2.05, 4.69) is 22.8 Å². The molecule has 1 saturated heterocycles. The highest BCUT2D eigenvalue weighted by Crippen LogP contribution is 2.47. The average molecular weight is 246 g/mol. The van der Waals surface area contributed by atoms with Gasteiger partial charge in [-0.2, -0.15) is 0 Å². The zero-order valence-corrected chi connectivity index (χ0v) is 10.8. The van der Waals surface area contributed by atoms with Crippen LogP contribution in [0.4, 0.5) is 0 Å². The molecule has 3 nitrogen and oxygen atoms in total. The predicted octanol–water partition coefficient (Wildman–Crippen LogP) is 1.95. The third-order valence-electron chi connectivity index (χ3n) is 5.52. The highest BCUT2D eigenvalue weighted by atomic mass is 16.2. The maximum atomic E-state index is 12.5. The first kappa shape index (κ1) is 11.0. The van der Waals surface area contributed by atoms with E-state index in [4.69, 9.17) is 0 Å². The molecule has 3 aliphatic carbocycles. The first-order chi connectivity index (χ1) is 8.77. The fourth-order valence-corrected chi connectivity index (χ4v) is 4.65. The summed E-state index contributed by atoms with van der Waals surface area (Å²) in [6.45, 7) is 0. The molecule has 3 heteroatoms. The van der Waals surface area contributed by atoms with Crippen molar-refractivity contribution < 1.29 is 4.79 Å². The molecule has 4 atom stereocenters. The lowest BCUT2D eigenvalue weighted by molar-refractivity contribution is -0.133. The molecule has 1 spiro atoms. The van der Waals surface area contributed by atoms with Gasteiger partial charge in [-0.1, -0.05) is 25.0 Å². The minimum Gasteiger partial charge on any atom is -0.338 e. The second kappa shape index (κ2) is 3.83. The van der Waals surface area contributed by atoms with Gasteiger partial charge >= 0.3 is 0 Å². The van der Waals surface area contributed by atoms with E-state index >= 15 is 0 Å². The Labute approximate surface area is 108 Å². The van der Waals surface area contributed by atoms with E-state index in [0.29, 0.717) is 23.8 Å². The zero-order valence-electron chi connectivity index (χ0n) is 10.8. The van der Waals surface area contributed by atoms with Crippen LogP contribution in [0.25, 0.3) is 0 Å². The number of hydrogen-bond donors (Lipinski definition) is 2. The Morgan fingerprint density at radius 3 is 2.56 bits per heavy atom. The van der Waals surface area contributed by atoms with Gasteiger partial charge in [0.05, 0.1) is 11.6 Å². The number of hydrogen-bond acceptors (Lipinski definition) is 2. The van der Waals surface area contributed by atoms with E-state index in [9.17, 15) is 4.79 Å². The van der Waals surface area contributed by atoms with E-state index in [1.165, 1.54) is 32.1 Å². The topological polar surface area (TPSA) is 41.1 Å². The van der Waals surface area contributed by atoms with Crippen LogP contribution in [0.5, 0.6) is 0 Å². The normalized spacial score (nSPS) is 44.8. The van der Waals surface area contributed by atoms with E-state index in [1.807, 2.05) is 0 Å². The Hall–Kier alpha value is -0.830. The van der Waals surface area contributed by atoms with Crippen LogP contribution in [-0.2, 0) is 4.79 Å². The number of amides is 1. The predicted molar refractivity (Wildman–Crippen MR) is 69.7 cm³/mol. The summed E-state index contributed by atoms with van der Waals surface area (Å²) in [7, 11) is 0. The first-order valence-corrected chi connectivity index (χ1v) is 7.56. The molecule has 1 amide bonds. The Balaban J connectivity index is 1.62. The summed E-state index contributed by atoms with van der Waals surface area (Å²) in [6.07, 6.45) is 13.1. The number of rotatable bonds is 0. The van der Waals surface area contributed by atoms with Crippen molar-refractivity contribution >= 4 is 5.91 Å². The van der Waals surface area contributed by atoms with Crippen LogP contribution < -0.4 is 10.6 Å². The molecule has 2 saturated carbocycles. The molecule has 18 heavy (non-hydrogen) atoms. The largest absolute Gasteiger partial charge is 0.338 e. The van der Waals surface area contributed by atoms with Gasteiger partial charge in [-0.3, -0.25) is 10.1 Å². The SMILES string of the molecule is O=C1NC2(CCCCCC2)N[C@@H]2[C@H]1[C@H]1C=C[C@@H]2C1. The van der Waals surface area contributed by atoms with Gasteiger partial charge in [0.2, 0.25) is 5.91 Å². The summed E-state index contributed by atoms with van der Waals surface area (Å²) in [5.74, 6) is 1.62. The lowest BCUT2D eigenvalue weighted by Gasteiger charge is -2.46. The van der Waals surface area contributed by atoms with Crippen molar-refractivity contribution in [3.63, 3.8) is 0 Å². The third kappa shape index (κ3) is 1.49. The molecule has 0 aromatic heterocycles. The van der Waals surface area contributed by atoms with Gasteiger partial charge in [-0.25, -0.2) is 0 Å². The highest BCUT2D eigenvalue weighted by molar-refractivity contribution is 5.82. The molecule has 2 N–H and O–H groups in total. The second-order valence-electron chi connectivity index (χ2n) is 6.63. The average Bonchev–Trinajstić information content (AvgIpc) is 2.88. The van der Waals surface area contributed by atoms with Crippen LogP contribution in [0, 0.1) is 17.8 Å². The number of allylic oxidation sites excluding steroid dienone is 1. The third-order valence-corrected chi connectivity index (χ3v) is 5.52. The quantitative estimate of drug-likeness (QED) is 0.641. The summed E-state index contributed by atoms with van der Waals surface area (Å²) >= 11 is 0. The Morgan fingerprint density at radius 2 is 1.78 bits per heavy atom. The minimum absolute atomic E-state index is 0.0763. The Morgan fingerprint density at radius 1 is 1.06 bits per heavy atom. The standard InChI is InChI=1S/C15H22N2O/c18-14-12-10-5-6-11(9-10)13(12)16-15(17-14)7-3-1-2-4-8-15/h5-6,10-13,16H,1-4,7-9H2,(H,17,18)/t10-,11+,12+,13-/m0/s1. The number of carbonyl (C=O) groups is 1. The maximum absolute atomic E-state index is 12.5. The van der Waals surface area contributed by atoms with Crippen molar-refractivity contribution in [2.24, 2.45) is 17.8 Å². The molecule has 98 valence electrons. The zero-order chi connectivity index (χ0) is 12.2. The van der Waals surface area contributed by atoms with Gasteiger partial charge in [-0.05, 0) is 43.9 Å². The van der Waals surface area contributed by atoms with Crippen molar-refractivity contribution in [3.8, 4) is 0 Å². The minimum atomic E-state index is -0.0763. The Kier molecular flexibility index (Phi) is 2.35. The van der Waals surface area contributed by atoms with Crippen LogP contribution in [0.15, 0.2) is 12.2 Å². The van der Waals surface area contributed by atoms with Crippen LogP contribution in [0.3, 0.4) is 0 Å². The van der Waals surface area contributed by atoms with Gasteiger partial charge in [0, 0.05) is 6.04 Å². The smallest absolute Gasteiger partial charge is 0.226 e. The summed E-state index contributed by atoms with van der Waals surface area (Å²) < 4.78 is 0. The summed E-state index contributed by atoms with van der Waals surface area (Å²) in [4.78, 5) is 12.5. The van der Waals surface area contributed by atoms with Crippen molar-refractivity contribution in [3.05, 3.63) is 12.2 Å². The van der Waals surface area contributed by atoms with Gasteiger partial charge in [0.1, 0.15) is 0 Å². The summed E-state index contributed by atoms with van der Waals surface area (Å²) in [6, 6.07) is 0.409. The van der Waals surface area contributed by atoms with Gasteiger partial charge in [-0.15, -0.1) is 0 Å². The molecule has 0 radical (unpaired) electrons. The molecule has 0 unspecified atom stereocenters. The van der Waals surface area contributed by atoms with Gasteiger partial charge in [0.25, 0.3) is 0 Å². The Bertz CT molecular complexity index is 395. The highest BCUT2D eigenvalue weighted by Gasteiger charge is 2.54. The van der Waals surface area contributed by atoms with E-state index in [1.54, 1.807) is 0 Å². The summed E-state index contributed by atoms with van der Waals surface area (Å²) in [5.41, 5.74) is -0.0763. The van der Waals surface area contributed by atoms with E-state index < -0.39 is 0 Å². The number of fused-ring (bicyclic) bond motifs is 5. The molecule has 4 rings (SSSR count). The maximum Gasteiger partial charge on any atom is 0.226 e. The second-order valence-corrected chi connectivity index (χ2v) is 6.63.